The van der Waals surface area contributed by atoms with Crippen LogP contribution in [0, 0.1) is 5.82 Å². The second kappa shape index (κ2) is 8.29. The Balaban J connectivity index is 1.79. The lowest BCUT2D eigenvalue weighted by Gasteiger charge is -2.22. The van der Waals surface area contributed by atoms with Crippen molar-refractivity contribution < 1.29 is 9.18 Å². The number of halogens is 2. The number of amides is 1. The monoisotopic (exact) mass is 374 g/mol. The van der Waals surface area contributed by atoms with E-state index >= 15 is 0 Å². The lowest BCUT2D eigenvalue weighted by atomic mass is 10.1. The molecular formula is C19H20ClFN4O. The molecule has 0 spiro atoms. The quantitative estimate of drug-likeness (QED) is 0.727. The van der Waals surface area contributed by atoms with Crippen LogP contribution in [-0.2, 0) is 11.2 Å². The first kappa shape index (κ1) is 18.4. The Morgan fingerprint density at radius 2 is 2.15 bits per heavy atom. The molecule has 1 amide bonds. The highest BCUT2D eigenvalue weighted by molar-refractivity contribution is 6.30. The molecule has 136 valence electrons. The summed E-state index contributed by atoms with van der Waals surface area (Å²) in [5.41, 5.74) is 4.19. The third-order valence-corrected chi connectivity index (χ3v) is 4.42. The van der Waals surface area contributed by atoms with Gasteiger partial charge in [0.2, 0.25) is 5.91 Å². The van der Waals surface area contributed by atoms with Gasteiger partial charge in [-0.25, -0.2) is 4.39 Å². The molecule has 26 heavy (non-hydrogen) atoms. The summed E-state index contributed by atoms with van der Waals surface area (Å²) in [5, 5.41) is 9.33. The fourth-order valence-electron chi connectivity index (χ4n) is 2.88. The molecule has 1 aliphatic heterocycles. The van der Waals surface area contributed by atoms with Gasteiger partial charge in [0.05, 0.1) is 5.02 Å². The van der Waals surface area contributed by atoms with Crippen molar-refractivity contribution in [2.75, 3.05) is 25.5 Å². The Kier molecular flexibility index (Phi) is 5.85. The fourth-order valence-corrected chi connectivity index (χ4v) is 3.09. The summed E-state index contributed by atoms with van der Waals surface area (Å²) in [5.74, 6) is -0.485. The molecule has 2 aromatic rings. The normalized spacial score (nSPS) is 14.3. The van der Waals surface area contributed by atoms with E-state index in [0.29, 0.717) is 25.1 Å². The first-order chi connectivity index (χ1) is 12.6. The first-order valence-electron chi connectivity index (χ1n) is 8.37. The Morgan fingerprint density at radius 1 is 1.31 bits per heavy atom. The average Bonchev–Trinajstić information content (AvgIpc) is 2.62. The lowest BCUT2D eigenvalue weighted by molar-refractivity contribution is -0.117. The maximum atomic E-state index is 13.3. The number of anilines is 1. The highest BCUT2D eigenvalue weighted by atomic mass is 35.5. The summed E-state index contributed by atoms with van der Waals surface area (Å²) in [7, 11) is 1.81. The van der Waals surface area contributed by atoms with Crippen LogP contribution in [0.2, 0.25) is 5.02 Å². The van der Waals surface area contributed by atoms with Gasteiger partial charge in [-0.15, -0.1) is 0 Å². The van der Waals surface area contributed by atoms with Gasteiger partial charge in [-0.1, -0.05) is 17.7 Å². The first-order valence-corrected chi connectivity index (χ1v) is 8.75. The van der Waals surface area contributed by atoms with E-state index in [-0.39, 0.29) is 10.9 Å². The van der Waals surface area contributed by atoms with Gasteiger partial charge in [-0.2, -0.15) is 0 Å². The molecule has 0 saturated carbocycles. The maximum absolute atomic E-state index is 13.3. The largest absolute Gasteiger partial charge is 0.358 e. The highest BCUT2D eigenvalue weighted by Gasteiger charge is 2.19. The smallest absolute Gasteiger partial charge is 0.250 e. The van der Waals surface area contributed by atoms with Crippen molar-refractivity contribution in [3.8, 4) is 0 Å². The Bertz CT molecular complexity index is 853. The zero-order valence-corrected chi connectivity index (χ0v) is 15.2. The van der Waals surface area contributed by atoms with Gasteiger partial charge in [0, 0.05) is 54.8 Å². The molecule has 3 rings (SSSR count). The summed E-state index contributed by atoms with van der Waals surface area (Å²) >= 11 is 5.84. The molecule has 0 radical (unpaired) electrons. The minimum Gasteiger partial charge on any atom is -0.358 e. The van der Waals surface area contributed by atoms with Crippen LogP contribution in [0.4, 0.5) is 10.1 Å². The van der Waals surface area contributed by atoms with E-state index in [4.69, 9.17) is 11.6 Å². The van der Waals surface area contributed by atoms with Crippen molar-refractivity contribution >= 4 is 23.2 Å². The van der Waals surface area contributed by atoms with Crippen LogP contribution in [0.5, 0.6) is 0 Å². The number of carbonyl (C=O) groups excluding carboxylic acids is 1. The minimum absolute atomic E-state index is 0.0525. The molecule has 5 nitrogen and oxygen atoms in total. The van der Waals surface area contributed by atoms with E-state index in [2.05, 4.69) is 20.9 Å². The molecule has 1 aliphatic rings. The van der Waals surface area contributed by atoms with E-state index in [9.17, 15) is 9.18 Å². The van der Waals surface area contributed by atoms with Gasteiger partial charge in [0.1, 0.15) is 5.82 Å². The van der Waals surface area contributed by atoms with Crippen molar-refractivity contribution in [2.24, 2.45) is 0 Å². The third-order valence-electron chi connectivity index (χ3n) is 4.13. The minimum atomic E-state index is -0.432. The number of nitrogens with zero attached hydrogens (tertiary/aromatic N) is 1. The van der Waals surface area contributed by atoms with Gasteiger partial charge in [0.25, 0.3) is 0 Å². The Morgan fingerprint density at radius 3 is 2.92 bits per heavy atom. The Hall–Kier alpha value is -2.44. The fraction of sp³-hybridized carbons (Fsp3) is 0.263. The zero-order chi connectivity index (χ0) is 18.5. The molecule has 1 aromatic heterocycles. The number of benzene rings is 1. The molecule has 1 aromatic carbocycles. The van der Waals surface area contributed by atoms with Gasteiger partial charge in [-0.05, 0) is 36.9 Å². The van der Waals surface area contributed by atoms with Crippen LogP contribution in [0.3, 0.4) is 0 Å². The molecule has 7 heteroatoms. The molecule has 3 N–H and O–H groups in total. The van der Waals surface area contributed by atoms with Crippen molar-refractivity contribution in [1.82, 2.24) is 15.6 Å². The molecule has 0 aliphatic carbocycles. The van der Waals surface area contributed by atoms with Crippen LogP contribution in [0.25, 0.3) is 0 Å². The number of rotatable bonds is 6. The van der Waals surface area contributed by atoms with Gasteiger partial charge in [0.15, 0.2) is 0 Å². The van der Waals surface area contributed by atoms with Crippen LogP contribution >= 0.6 is 11.6 Å². The summed E-state index contributed by atoms with van der Waals surface area (Å²) in [6.45, 7) is 1.11. The van der Waals surface area contributed by atoms with Crippen molar-refractivity contribution in [3.05, 3.63) is 69.9 Å². The SMILES string of the molecule is CNCC1=C(Nc2ccnc(Cc3ccc(F)c(Cl)c3)c2)CCNC1=O. The molecule has 0 atom stereocenters. The van der Waals surface area contributed by atoms with Crippen LogP contribution in [-0.4, -0.2) is 31.0 Å². The second-order valence-corrected chi connectivity index (χ2v) is 6.49. The number of hydrogen-bond acceptors (Lipinski definition) is 4. The molecule has 0 saturated heterocycles. The van der Waals surface area contributed by atoms with E-state index in [1.54, 1.807) is 18.3 Å². The lowest BCUT2D eigenvalue weighted by Crippen LogP contribution is -2.36. The van der Waals surface area contributed by atoms with Crippen LogP contribution < -0.4 is 16.0 Å². The van der Waals surface area contributed by atoms with E-state index in [1.165, 1.54) is 6.07 Å². The topological polar surface area (TPSA) is 66.1 Å². The number of aromatic nitrogens is 1. The molecule has 2 heterocycles. The van der Waals surface area contributed by atoms with Crippen molar-refractivity contribution in [3.63, 3.8) is 0 Å². The third kappa shape index (κ3) is 4.39. The van der Waals surface area contributed by atoms with Crippen LogP contribution in [0.1, 0.15) is 17.7 Å². The van der Waals surface area contributed by atoms with Crippen LogP contribution in [0.15, 0.2) is 47.8 Å². The summed E-state index contributed by atoms with van der Waals surface area (Å²) < 4.78 is 13.3. The van der Waals surface area contributed by atoms with Gasteiger partial charge in [-0.3, -0.25) is 9.78 Å². The predicted octanol–water partition coefficient (Wildman–Crippen LogP) is 2.87. The summed E-state index contributed by atoms with van der Waals surface area (Å²) in [6.07, 6.45) is 3.00. The van der Waals surface area contributed by atoms with Crippen molar-refractivity contribution in [2.45, 2.75) is 12.8 Å². The predicted molar refractivity (Wildman–Crippen MR) is 101 cm³/mol. The number of hydrogen-bond donors (Lipinski definition) is 3. The van der Waals surface area contributed by atoms with E-state index in [0.717, 1.165) is 29.1 Å². The molecular weight excluding hydrogens is 355 g/mol. The standard InChI is InChI=1S/C19H20ClFN4O/c1-22-11-15-18(5-7-24-19(15)26)25-13-4-6-23-14(10-13)8-12-2-3-17(21)16(20)9-12/h2-4,6,9-10,22H,5,7-8,11H2,1H3,(H,23,25)(H,24,26). The molecule has 0 fully saturated rings. The van der Waals surface area contributed by atoms with Gasteiger partial charge < -0.3 is 16.0 Å². The number of likely N-dealkylation sites (N-methyl/N-ethyl adjacent to an activating group) is 1. The van der Waals surface area contributed by atoms with Gasteiger partial charge >= 0.3 is 0 Å². The number of nitrogens with one attached hydrogen (secondary N) is 3. The maximum Gasteiger partial charge on any atom is 0.250 e. The molecule has 0 unspecified atom stereocenters. The number of carbonyl (C=O) groups is 1. The Labute approximate surface area is 156 Å². The average molecular weight is 375 g/mol. The highest BCUT2D eigenvalue weighted by Crippen LogP contribution is 2.21. The summed E-state index contributed by atoms with van der Waals surface area (Å²) in [6, 6.07) is 8.44. The molecule has 0 bridgehead atoms. The summed E-state index contributed by atoms with van der Waals surface area (Å²) in [4.78, 5) is 16.4. The van der Waals surface area contributed by atoms with E-state index < -0.39 is 5.82 Å². The second-order valence-electron chi connectivity index (χ2n) is 6.08. The number of pyridine rings is 1. The zero-order valence-electron chi connectivity index (χ0n) is 14.4. The van der Waals surface area contributed by atoms with Crippen molar-refractivity contribution in [1.29, 1.82) is 0 Å². The van der Waals surface area contributed by atoms with E-state index in [1.807, 2.05) is 19.2 Å².